The Morgan fingerprint density at radius 3 is 2.67 bits per heavy atom. The highest BCUT2D eigenvalue weighted by Gasteiger charge is 2.15. The monoisotopic (exact) mass is 325 g/mol. The molecule has 7 nitrogen and oxygen atoms in total. The summed E-state index contributed by atoms with van der Waals surface area (Å²) in [4.78, 5) is 11.0. The van der Waals surface area contributed by atoms with Gasteiger partial charge in [-0.1, -0.05) is 6.07 Å². The summed E-state index contributed by atoms with van der Waals surface area (Å²) in [6.07, 6.45) is 0. The second-order valence-electron chi connectivity index (χ2n) is 5.17. The minimum absolute atomic E-state index is 0.0311. The molecule has 0 amide bonds. The van der Waals surface area contributed by atoms with E-state index in [2.05, 4.69) is 10.2 Å². The van der Waals surface area contributed by atoms with Crippen LogP contribution in [0.1, 0.15) is 10.4 Å². The number of azo groups is 1. The molecule has 2 N–H and O–H groups in total. The number of carboxylic acid groups (broad SMARTS) is 1. The zero-order chi connectivity index (χ0) is 17.3. The summed E-state index contributed by atoms with van der Waals surface area (Å²) in [6, 6.07) is 11.5. The van der Waals surface area contributed by atoms with Crippen LogP contribution >= 0.6 is 0 Å². The Balaban J connectivity index is 2.08. The van der Waals surface area contributed by atoms with Crippen LogP contribution in [0.4, 0.5) is 11.4 Å². The number of aryl methyl sites for hydroxylation is 1. The molecule has 7 heteroatoms. The van der Waals surface area contributed by atoms with E-state index in [-0.39, 0.29) is 11.4 Å². The summed E-state index contributed by atoms with van der Waals surface area (Å²) in [5.41, 5.74) is 1.58. The van der Waals surface area contributed by atoms with Crippen molar-refractivity contribution in [3.63, 3.8) is 0 Å². The van der Waals surface area contributed by atoms with Gasteiger partial charge in [0.1, 0.15) is 5.75 Å². The number of aromatic nitrogens is 1. The number of methoxy groups -OCH3 is 1. The third-order valence-corrected chi connectivity index (χ3v) is 3.71. The van der Waals surface area contributed by atoms with Gasteiger partial charge in [0.05, 0.1) is 23.9 Å². The fraction of sp³-hybridized carbons (Fsp3) is 0.118. The van der Waals surface area contributed by atoms with Crippen molar-refractivity contribution in [3.8, 4) is 11.6 Å². The number of aromatic carboxylic acids is 1. The molecule has 24 heavy (non-hydrogen) atoms. The van der Waals surface area contributed by atoms with Crippen molar-refractivity contribution in [3.05, 3.63) is 48.0 Å². The summed E-state index contributed by atoms with van der Waals surface area (Å²) in [5, 5.41) is 28.1. The van der Waals surface area contributed by atoms with Crippen molar-refractivity contribution in [1.29, 1.82) is 0 Å². The van der Waals surface area contributed by atoms with Crippen molar-refractivity contribution in [1.82, 2.24) is 4.57 Å². The topological polar surface area (TPSA) is 96.4 Å². The van der Waals surface area contributed by atoms with Gasteiger partial charge in [-0.3, -0.25) is 0 Å². The van der Waals surface area contributed by atoms with Gasteiger partial charge in [-0.25, -0.2) is 4.79 Å². The van der Waals surface area contributed by atoms with Gasteiger partial charge in [0.2, 0.25) is 5.88 Å². The van der Waals surface area contributed by atoms with E-state index in [4.69, 9.17) is 9.84 Å². The number of hydrogen-bond acceptors (Lipinski definition) is 5. The van der Waals surface area contributed by atoms with Crippen LogP contribution in [-0.2, 0) is 7.05 Å². The van der Waals surface area contributed by atoms with Gasteiger partial charge < -0.3 is 19.5 Å². The number of carboxylic acids is 1. The largest absolute Gasteiger partial charge is 0.497 e. The van der Waals surface area contributed by atoms with E-state index in [1.165, 1.54) is 12.1 Å². The molecule has 0 fully saturated rings. The molecule has 2 aromatic carbocycles. The van der Waals surface area contributed by atoms with Crippen LogP contribution in [-0.4, -0.2) is 27.9 Å². The maximum absolute atomic E-state index is 11.0. The molecule has 0 saturated carbocycles. The first kappa shape index (κ1) is 15.5. The lowest BCUT2D eigenvalue weighted by atomic mass is 10.2. The van der Waals surface area contributed by atoms with Crippen LogP contribution in [0.15, 0.2) is 52.7 Å². The van der Waals surface area contributed by atoms with Gasteiger partial charge >= 0.3 is 5.97 Å². The van der Waals surface area contributed by atoms with E-state index in [1.807, 2.05) is 6.07 Å². The van der Waals surface area contributed by atoms with E-state index >= 15 is 0 Å². The summed E-state index contributed by atoms with van der Waals surface area (Å²) in [5.74, 6) is -0.432. The number of ether oxygens (including phenoxy) is 1. The van der Waals surface area contributed by atoms with Crippen molar-refractivity contribution in [2.24, 2.45) is 17.3 Å². The Bertz CT molecular complexity index is 960. The van der Waals surface area contributed by atoms with Crippen molar-refractivity contribution < 1.29 is 19.7 Å². The molecular formula is C17H15N3O4. The van der Waals surface area contributed by atoms with Crippen LogP contribution < -0.4 is 4.74 Å². The van der Waals surface area contributed by atoms with E-state index in [1.54, 1.807) is 43.0 Å². The van der Waals surface area contributed by atoms with Gasteiger partial charge in [0, 0.05) is 12.4 Å². The first-order valence-corrected chi connectivity index (χ1v) is 7.11. The van der Waals surface area contributed by atoms with E-state index < -0.39 is 5.97 Å². The lowest BCUT2D eigenvalue weighted by molar-refractivity contribution is 0.0697. The molecule has 0 aliphatic heterocycles. The first-order valence-electron chi connectivity index (χ1n) is 7.11. The molecule has 0 aliphatic carbocycles. The molecule has 122 valence electrons. The average Bonchev–Trinajstić information content (AvgIpc) is 2.83. The summed E-state index contributed by atoms with van der Waals surface area (Å²) in [7, 11) is 3.27. The van der Waals surface area contributed by atoms with Gasteiger partial charge in [-0.2, -0.15) is 5.11 Å². The molecule has 0 spiro atoms. The van der Waals surface area contributed by atoms with E-state index in [0.29, 0.717) is 22.5 Å². The Kier molecular flexibility index (Phi) is 3.91. The van der Waals surface area contributed by atoms with Crippen molar-refractivity contribution in [2.45, 2.75) is 0 Å². The zero-order valence-corrected chi connectivity index (χ0v) is 13.1. The lowest BCUT2D eigenvalue weighted by Gasteiger charge is -2.00. The van der Waals surface area contributed by atoms with Crippen molar-refractivity contribution >= 4 is 28.2 Å². The van der Waals surface area contributed by atoms with Gasteiger partial charge in [0.25, 0.3) is 0 Å². The predicted octanol–water partition coefficient (Wildman–Crippen LogP) is 4.01. The van der Waals surface area contributed by atoms with Crippen LogP contribution in [0, 0.1) is 0 Å². The maximum Gasteiger partial charge on any atom is 0.335 e. The average molecular weight is 325 g/mol. The number of fused-ring (bicyclic) bond motifs is 1. The maximum atomic E-state index is 11.0. The number of nitrogens with zero attached hydrogens (tertiary/aromatic N) is 3. The van der Waals surface area contributed by atoms with Crippen LogP contribution in [0.5, 0.6) is 11.6 Å². The molecule has 0 bridgehead atoms. The molecule has 0 aliphatic rings. The number of benzene rings is 2. The highest BCUT2D eigenvalue weighted by atomic mass is 16.5. The molecule has 0 saturated heterocycles. The second kappa shape index (κ2) is 6.04. The quantitative estimate of drug-likeness (QED) is 0.708. The standard InChI is InChI=1S/C17H15N3O4/c1-20-14-7-6-12(24-2)9-13(14)15(16(20)21)19-18-11-5-3-4-10(8-11)17(22)23/h3-9,21H,1-2H3,(H,22,23). The van der Waals surface area contributed by atoms with Crippen LogP contribution in [0.3, 0.4) is 0 Å². The second-order valence-corrected chi connectivity index (χ2v) is 5.17. The predicted molar refractivity (Wildman–Crippen MR) is 88.7 cm³/mol. The number of carbonyl (C=O) groups is 1. The normalized spacial score (nSPS) is 11.2. The summed E-state index contributed by atoms with van der Waals surface area (Å²) < 4.78 is 6.80. The highest BCUT2D eigenvalue weighted by Crippen LogP contribution is 2.40. The molecule has 3 aromatic rings. The van der Waals surface area contributed by atoms with Crippen LogP contribution in [0.2, 0.25) is 0 Å². The first-order chi connectivity index (χ1) is 11.5. The van der Waals surface area contributed by atoms with Crippen LogP contribution in [0.25, 0.3) is 10.9 Å². The minimum Gasteiger partial charge on any atom is -0.497 e. The fourth-order valence-corrected chi connectivity index (χ4v) is 2.43. The molecule has 1 aromatic heterocycles. The Morgan fingerprint density at radius 2 is 1.96 bits per heavy atom. The molecule has 0 atom stereocenters. The summed E-state index contributed by atoms with van der Waals surface area (Å²) >= 11 is 0. The third kappa shape index (κ3) is 2.67. The third-order valence-electron chi connectivity index (χ3n) is 3.71. The fourth-order valence-electron chi connectivity index (χ4n) is 2.43. The highest BCUT2D eigenvalue weighted by molar-refractivity contribution is 5.96. The van der Waals surface area contributed by atoms with Gasteiger partial charge in [-0.05, 0) is 36.4 Å². The van der Waals surface area contributed by atoms with Gasteiger partial charge in [-0.15, -0.1) is 5.11 Å². The van der Waals surface area contributed by atoms with Gasteiger partial charge in [0.15, 0.2) is 5.69 Å². The molecule has 1 heterocycles. The Morgan fingerprint density at radius 1 is 1.17 bits per heavy atom. The lowest BCUT2D eigenvalue weighted by Crippen LogP contribution is -1.94. The van der Waals surface area contributed by atoms with Crippen molar-refractivity contribution in [2.75, 3.05) is 7.11 Å². The number of rotatable bonds is 4. The number of aromatic hydroxyl groups is 1. The number of hydrogen-bond donors (Lipinski definition) is 2. The minimum atomic E-state index is -1.04. The van der Waals surface area contributed by atoms with E-state index in [0.717, 1.165) is 5.52 Å². The Hall–Kier alpha value is -3.35. The molecular weight excluding hydrogens is 310 g/mol. The summed E-state index contributed by atoms with van der Waals surface area (Å²) in [6.45, 7) is 0. The smallest absolute Gasteiger partial charge is 0.335 e. The molecule has 3 rings (SSSR count). The molecule has 0 unspecified atom stereocenters. The SMILES string of the molecule is COc1ccc2c(c1)c(N=Nc1cccc(C(=O)O)c1)c(O)n2C. The molecule has 0 radical (unpaired) electrons. The zero-order valence-electron chi connectivity index (χ0n) is 13.1. The Labute approximate surface area is 137 Å². The van der Waals surface area contributed by atoms with E-state index in [9.17, 15) is 9.90 Å².